The summed E-state index contributed by atoms with van der Waals surface area (Å²) in [5, 5.41) is 6.20. The highest BCUT2D eigenvalue weighted by molar-refractivity contribution is 5.78. The number of carbonyl (C=O) groups excluding carboxylic acids is 1. The maximum atomic E-state index is 11.8. The van der Waals surface area contributed by atoms with Crippen molar-refractivity contribution in [3.63, 3.8) is 0 Å². The number of carbonyl (C=O) groups is 1. The van der Waals surface area contributed by atoms with Crippen molar-refractivity contribution in [3.05, 3.63) is 66.0 Å². The van der Waals surface area contributed by atoms with Crippen molar-refractivity contribution in [1.29, 1.82) is 0 Å². The monoisotopic (exact) mass is 283 g/mol. The standard InChI is InChI=1S/C17H21N3O/c1-2-10-19-16(21)13-20-17(14-6-4-3-5-7-14)15-8-11-18-12-9-15/h3-9,11-12,17,20H,2,10,13H2,1H3,(H,19,21). The Labute approximate surface area is 125 Å². The molecule has 1 amide bonds. The minimum Gasteiger partial charge on any atom is -0.355 e. The van der Waals surface area contributed by atoms with Crippen LogP contribution < -0.4 is 10.6 Å². The molecule has 0 saturated heterocycles. The van der Waals surface area contributed by atoms with Crippen molar-refractivity contribution < 1.29 is 4.79 Å². The summed E-state index contributed by atoms with van der Waals surface area (Å²) >= 11 is 0. The molecule has 0 aliphatic carbocycles. The van der Waals surface area contributed by atoms with E-state index in [0.717, 1.165) is 17.5 Å². The second-order valence-corrected chi connectivity index (χ2v) is 4.86. The van der Waals surface area contributed by atoms with Crippen LogP contribution in [0.2, 0.25) is 0 Å². The van der Waals surface area contributed by atoms with Gasteiger partial charge in [0.2, 0.25) is 5.91 Å². The second kappa shape index (κ2) is 8.17. The molecule has 0 bridgehead atoms. The number of nitrogens with one attached hydrogen (secondary N) is 2. The molecule has 0 spiro atoms. The zero-order valence-corrected chi connectivity index (χ0v) is 12.3. The maximum Gasteiger partial charge on any atom is 0.233 e. The Kier molecular flexibility index (Phi) is 5.91. The first-order valence-electron chi connectivity index (χ1n) is 7.26. The Hall–Kier alpha value is -2.20. The molecule has 0 fully saturated rings. The zero-order chi connectivity index (χ0) is 14.9. The van der Waals surface area contributed by atoms with E-state index in [9.17, 15) is 4.79 Å². The van der Waals surface area contributed by atoms with Crippen LogP contribution in [-0.2, 0) is 4.79 Å². The molecule has 0 saturated carbocycles. The van der Waals surface area contributed by atoms with E-state index in [1.165, 1.54) is 0 Å². The number of hydrogen-bond acceptors (Lipinski definition) is 3. The zero-order valence-electron chi connectivity index (χ0n) is 12.3. The van der Waals surface area contributed by atoms with E-state index in [4.69, 9.17) is 0 Å². The van der Waals surface area contributed by atoms with Crippen LogP contribution in [0, 0.1) is 0 Å². The first kappa shape index (κ1) is 15.2. The summed E-state index contributed by atoms with van der Waals surface area (Å²) in [4.78, 5) is 15.8. The fourth-order valence-corrected chi connectivity index (χ4v) is 2.15. The predicted octanol–water partition coefficient (Wildman–Crippen LogP) is 2.29. The van der Waals surface area contributed by atoms with Crippen molar-refractivity contribution in [1.82, 2.24) is 15.6 Å². The molecule has 0 aliphatic rings. The fourth-order valence-electron chi connectivity index (χ4n) is 2.15. The second-order valence-electron chi connectivity index (χ2n) is 4.86. The van der Waals surface area contributed by atoms with Gasteiger partial charge in [-0.2, -0.15) is 0 Å². The molecule has 110 valence electrons. The van der Waals surface area contributed by atoms with Gasteiger partial charge in [-0.05, 0) is 29.7 Å². The first-order chi connectivity index (χ1) is 10.3. The summed E-state index contributed by atoms with van der Waals surface area (Å²) in [6.07, 6.45) is 4.48. The molecule has 2 rings (SSSR count). The Morgan fingerprint density at radius 1 is 1.10 bits per heavy atom. The van der Waals surface area contributed by atoms with Crippen molar-refractivity contribution in [3.8, 4) is 0 Å². The molecule has 1 unspecified atom stereocenters. The lowest BCUT2D eigenvalue weighted by molar-refractivity contribution is -0.120. The Morgan fingerprint density at radius 2 is 1.76 bits per heavy atom. The molecule has 1 aromatic carbocycles. The molecule has 1 heterocycles. The fraction of sp³-hybridized carbons (Fsp3) is 0.294. The largest absolute Gasteiger partial charge is 0.355 e. The molecule has 2 aromatic rings. The molecule has 2 N–H and O–H groups in total. The van der Waals surface area contributed by atoms with E-state index in [-0.39, 0.29) is 11.9 Å². The van der Waals surface area contributed by atoms with Gasteiger partial charge in [0.25, 0.3) is 0 Å². The number of pyridine rings is 1. The quantitative estimate of drug-likeness (QED) is 0.819. The Balaban J connectivity index is 2.09. The van der Waals surface area contributed by atoms with E-state index in [1.807, 2.05) is 37.3 Å². The summed E-state index contributed by atoms with van der Waals surface area (Å²) in [5.41, 5.74) is 2.23. The molecule has 0 radical (unpaired) electrons. The molecule has 21 heavy (non-hydrogen) atoms. The number of hydrogen-bond donors (Lipinski definition) is 2. The van der Waals surface area contributed by atoms with Crippen molar-refractivity contribution in [2.45, 2.75) is 19.4 Å². The number of nitrogens with zero attached hydrogens (tertiary/aromatic N) is 1. The van der Waals surface area contributed by atoms with Crippen molar-refractivity contribution >= 4 is 5.91 Å². The van der Waals surface area contributed by atoms with Crippen LogP contribution >= 0.6 is 0 Å². The molecular weight excluding hydrogens is 262 g/mol. The van der Waals surface area contributed by atoms with Gasteiger partial charge in [0.15, 0.2) is 0 Å². The third kappa shape index (κ3) is 4.68. The minimum absolute atomic E-state index is 0.0124. The predicted molar refractivity (Wildman–Crippen MR) is 83.8 cm³/mol. The van der Waals surface area contributed by atoms with Gasteiger partial charge in [-0.25, -0.2) is 0 Å². The van der Waals surface area contributed by atoms with Gasteiger partial charge in [0.05, 0.1) is 12.6 Å². The van der Waals surface area contributed by atoms with Crippen LogP contribution in [0.15, 0.2) is 54.9 Å². The number of benzene rings is 1. The Morgan fingerprint density at radius 3 is 2.43 bits per heavy atom. The lowest BCUT2D eigenvalue weighted by atomic mass is 10.00. The van der Waals surface area contributed by atoms with Crippen LogP contribution in [0.3, 0.4) is 0 Å². The molecule has 4 nitrogen and oxygen atoms in total. The maximum absolute atomic E-state index is 11.8. The third-order valence-electron chi connectivity index (χ3n) is 3.21. The van der Waals surface area contributed by atoms with Gasteiger partial charge in [-0.1, -0.05) is 37.3 Å². The topological polar surface area (TPSA) is 54.0 Å². The number of rotatable bonds is 7. The summed E-state index contributed by atoms with van der Waals surface area (Å²) in [6.45, 7) is 3.05. The number of aromatic nitrogens is 1. The van der Waals surface area contributed by atoms with E-state index < -0.39 is 0 Å². The van der Waals surface area contributed by atoms with Crippen LogP contribution in [0.4, 0.5) is 0 Å². The van der Waals surface area contributed by atoms with Gasteiger partial charge in [-0.3, -0.25) is 15.1 Å². The van der Waals surface area contributed by atoms with Crippen LogP contribution in [0.5, 0.6) is 0 Å². The average molecular weight is 283 g/mol. The molecule has 1 aromatic heterocycles. The lowest BCUT2D eigenvalue weighted by Crippen LogP contribution is -2.36. The van der Waals surface area contributed by atoms with Gasteiger partial charge in [0, 0.05) is 18.9 Å². The van der Waals surface area contributed by atoms with E-state index in [1.54, 1.807) is 12.4 Å². The van der Waals surface area contributed by atoms with E-state index in [2.05, 4.69) is 27.8 Å². The van der Waals surface area contributed by atoms with Gasteiger partial charge in [-0.15, -0.1) is 0 Å². The number of amides is 1. The molecular formula is C17H21N3O. The summed E-state index contributed by atoms with van der Waals surface area (Å²) in [6, 6.07) is 14.0. The summed E-state index contributed by atoms with van der Waals surface area (Å²) in [5.74, 6) is 0.0202. The van der Waals surface area contributed by atoms with Crippen molar-refractivity contribution in [2.75, 3.05) is 13.1 Å². The highest BCUT2D eigenvalue weighted by Crippen LogP contribution is 2.20. The van der Waals surface area contributed by atoms with Crippen molar-refractivity contribution in [2.24, 2.45) is 0 Å². The minimum atomic E-state index is -0.0124. The van der Waals surface area contributed by atoms with Crippen LogP contribution in [-0.4, -0.2) is 24.0 Å². The Bertz CT molecular complexity index is 503. The van der Waals surface area contributed by atoms with Gasteiger partial charge in [0.1, 0.15) is 0 Å². The first-order valence-corrected chi connectivity index (χ1v) is 7.26. The smallest absolute Gasteiger partial charge is 0.233 e. The van der Waals surface area contributed by atoms with Crippen LogP contribution in [0.1, 0.15) is 30.5 Å². The SMILES string of the molecule is CCCNC(=O)CNC(c1ccccc1)c1ccncc1. The van der Waals surface area contributed by atoms with Gasteiger partial charge >= 0.3 is 0 Å². The van der Waals surface area contributed by atoms with Gasteiger partial charge < -0.3 is 5.32 Å². The summed E-state index contributed by atoms with van der Waals surface area (Å²) in [7, 11) is 0. The van der Waals surface area contributed by atoms with E-state index >= 15 is 0 Å². The lowest BCUT2D eigenvalue weighted by Gasteiger charge is -2.19. The highest BCUT2D eigenvalue weighted by atomic mass is 16.1. The van der Waals surface area contributed by atoms with E-state index in [0.29, 0.717) is 13.1 Å². The highest BCUT2D eigenvalue weighted by Gasteiger charge is 2.14. The summed E-state index contributed by atoms with van der Waals surface area (Å²) < 4.78 is 0. The van der Waals surface area contributed by atoms with Crippen LogP contribution in [0.25, 0.3) is 0 Å². The third-order valence-corrected chi connectivity index (χ3v) is 3.21. The normalized spacial score (nSPS) is 11.9. The molecule has 0 aliphatic heterocycles. The molecule has 4 heteroatoms. The molecule has 1 atom stereocenters. The average Bonchev–Trinajstić information content (AvgIpc) is 2.55.